The van der Waals surface area contributed by atoms with Gasteiger partial charge in [-0.3, -0.25) is 0 Å². The van der Waals surface area contributed by atoms with Crippen LogP contribution in [0.4, 0.5) is 0 Å². The lowest BCUT2D eigenvalue weighted by Crippen LogP contribution is -2.31. The molecule has 4 atom stereocenters. The minimum Gasteiger partial charge on any atom is -0.491 e. The van der Waals surface area contributed by atoms with E-state index in [9.17, 15) is 39.6 Å². The molecule has 78 heavy (non-hydrogen) atoms. The molecule has 0 aliphatic rings. The Morgan fingerprint density at radius 2 is 0.756 bits per heavy atom. The zero-order valence-electron chi connectivity index (χ0n) is 44.5. The van der Waals surface area contributed by atoms with Crippen LogP contribution in [0.2, 0.25) is 0 Å². The molecule has 0 aliphatic heterocycles. The molecular formula is C62H66O16. The van der Waals surface area contributed by atoms with Crippen LogP contribution in [-0.2, 0) is 43.5 Å². The highest BCUT2D eigenvalue weighted by molar-refractivity contribution is 5.96. The Morgan fingerprint density at radius 1 is 0.423 bits per heavy atom. The number of benzene rings is 6. The highest BCUT2D eigenvalue weighted by Gasteiger charge is 2.40. The number of carbonyl (C=O) groups is 4. The number of ether oxygens (including phenoxy) is 8. The topological polar surface area (TPSA) is 223 Å². The van der Waals surface area contributed by atoms with Gasteiger partial charge in [0.15, 0.2) is 0 Å². The molecule has 0 heterocycles. The van der Waals surface area contributed by atoms with Crippen molar-refractivity contribution in [1.29, 1.82) is 0 Å². The number of rotatable bonds is 28. The molecule has 0 fully saturated rings. The van der Waals surface area contributed by atoms with Gasteiger partial charge in [0.25, 0.3) is 0 Å². The number of aliphatic hydroxyl groups excluding tert-OH is 4. The van der Waals surface area contributed by atoms with Gasteiger partial charge >= 0.3 is 23.9 Å². The van der Waals surface area contributed by atoms with Crippen molar-refractivity contribution in [3.8, 4) is 34.1 Å². The average Bonchev–Trinajstić information content (AvgIpc) is 3.56. The number of hydrogen-bond donors (Lipinski definition) is 4. The number of hydrogen-bond acceptors (Lipinski definition) is 16. The van der Waals surface area contributed by atoms with Gasteiger partial charge in [-0.15, -0.1) is 0 Å². The molecule has 4 N–H and O–H groups in total. The van der Waals surface area contributed by atoms with Crippen molar-refractivity contribution >= 4 is 45.4 Å². The largest absolute Gasteiger partial charge is 0.491 e. The van der Waals surface area contributed by atoms with Crippen molar-refractivity contribution < 1.29 is 77.5 Å². The maximum Gasteiger partial charge on any atom is 0.333 e. The number of esters is 4. The van der Waals surface area contributed by atoms with E-state index in [0.29, 0.717) is 55.7 Å². The first-order valence-electron chi connectivity index (χ1n) is 25.0. The highest BCUT2D eigenvalue weighted by Crippen LogP contribution is 2.52. The summed E-state index contributed by atoms with van der Waals surface area (Å²) in [5, 5.41) is 46.4. The fourth-order valence-electron chi connectivity index (χ4n) is 8.20. The van der Waals surface area contributed by atoms with Crippen molar-refractivity contribution in [2.45, 2.75) is 64.4 Å². The zero-order valence-corrected chi connectivity index (χ0v) is 44.5. The van der Waals surface area contributed by atoms with Gasteiger partial charge in [0, 0.05) is 33.4 Å². The van der Waals surface area contributed by atoms with Crippen molar-refractivity contribution in [2.75, 3.05) is 52.9 Å². The molecule has 410 valence electrons. The molecule has 16 heteroatoms. The summed E-state index contributed by atoms with van der Waals surface area (Å²) in [5.74, 6) is -1.29. The van der Waals surface area contributed by atoms with Crippen molar-refractivity contribution in [3.05, 3.63) is 181 Å². The van der Waals surface area contributed by atoms with E-state index in [4.69, 9.17) is 37.9 Å². The minimum atomic E-state index is -1.33. The molecular weight excluding hydrogens is 1000 g/mol. The zero-order chi connectivity index (χ0) is 56.7. The Hall–Kier alpha value is -8.28. The summed E-state index contributed by atoms with van der Waals surface area (Å²) in [6, 6.07) is 35.5. The summed E-state index contributed by atoms with van der Waals surface area (Å²) < 4.78 is 46.1. The first-order valence-corrected chi connectivity index (χ1v) is 25.0. The van der Waals surface area contributed by atoms with Gasteiger partial charge in [-0.2, -0.15) is 0 Å². The van der Waals surface area contributed by atoms with Crippen LogP contribution < -0.4 is 18.9 Å². The van der Waals surface area contributed by atoms with Crippen molar-refractivity contribution in [2.24, 2.45) is 0 Å². The molecule has 0 saturated carbocycles. The molecule has 0 aliphatic carbocycles. The van der Waals surface area contributed by atoms with Gasteiger partial charge in [-0.25, -0.2) is 19.2 Å². The molecule has 4 unspecified atom stereocenters. The fourth-order valence-corrected chi connectivity index (χ4v) is 8.20. The Morgan fingerprint density at radius 3 is 1.10 bits per heavy atom. The van der Waals surface area contributed by atoms with E-state index in [0.717, 1.165) is 16.7 Å². The summed E-state index contributed by atoms with van der Waals surface area (Å²) in [5.41, 5.74) is 3.10. The second-order valence-corrected chi connectivity index (χ2v) is 19.1. The van der Waals surface area contributed by atoms with E-state index in [1.807, 2.05) is 73.7 Å². The molecule has 0 amide bonds. The van der Waals surface area contributed by atoms with Crippen LogP contribution in [0.25, 0.3) is 32.7 Å². The smallest absolute Gasteiger partial charge is 0.333 e. The summed E-state index contributed by atoms with van der Waals surface area (Å²) in [6.07, 6.45) is -4.89. The minimum absolute atomic E-state index is 0.157. The molecule has 0 bridgehead atoms. The monoisotopic (exact) mass is 1070 g/mol. The van der Waals surface area contributed by atoms with Crippen LogP contribution >= 0.6 is 0 Å². The molecule has 16 nitrogen and oxygen atoms in total. The number of fused-ring (bicyclic) bond motifs is 2. The van der Waals surface area contributed by atoms with Gasteiger partial charge in [-0.1, -0.05) is 105 Å². The average molecular weight is 1070 g/mol. The second-order valence-electron chi connectivity index (χ2n) is 19.1. The van der Waals surface area contributed by atoms with Gasteiger partial charge in [0.2, 0.25) is 0 Å². The molecule has 6 aromatic rings. The lowest BCUT2D eigenvalue weighted by Gasteiger charge is -2.37. The van der Waals surface area contributed by atoms with E-state index >= 15 is 0 Å². The molecule has 6 aromatic carbocycles. The molecule has 0 saturated heterocycles. The maximum absolute atomic E-state index is 12.3. The number of carbonyl (C=O) groups excluding carboxylic acids is 4. The van der Waals surface area contributed by atoms with Crippen LogP contribution in [0.5, 0.6) is 23.0 Å². The highest BCUT2D eigenvalue weighted by atomic mass is 16.6. The molecule has 0 spiro atoms. The SMILES string of the molecule is C=C(C)C(=O)OCC(O)COc1ccc2c(C(C)(c3ccc(-c4ccccc4)cc3)c3c(OCC(O)COC(=O)C(=C)C)ccc4cc(OCC(O)COC(=O)C(=C)C)ccc34)c(OCC(O)COC(=O)C(=C)C)ccc2c1. The lowest BCUT2D eigenvalue weighted by atomic mass is 9.67. The summed E-state index contributed by atoms with van der Waals surface area (Å²) >= 11 is 0. The van der Waals surface area contributed by atoms with Gasteiger partial charge in [0.05, 0.1) is 5.41 Å². The van der Waals surface area contributed by atoms with Crippen LogP contribution in [0.15, 0.2) is 164 Å². The third kappa shape index (κ3) is 15.4. The van der Waals surface area contributed by atoms with Crippen LogP contribution in [0.3, 0.4) is 0 Å². The predicted octanol–water partition coefficient (Wildman–Crippen LogP) is 8.45. The molecule has 6 rings (SSSR count). The van der Waals surface area contributed by atoms with Gasteiger partial charge in [0.1, 0.15) is 100 Å². The Balaban J connectivity index is 1.56. The fraction of sp³-hybridized carbons (Fsp3) is 0.290. The van der Waals surface area contributed by atoms with Gasteiger partial charge < -0.3 is 58.3 Å². The summed E-state index contributed by atoms with van der Waals surface area (Å²) in [7, 11) is 0. The van der Waals surface area contributed by atoms with Gasteiger partial charge in [-0.05, 0) is 109 Å². The van der Waals surface area contributed by atoms with E-state index in [1.54, 1.807) is 48.5 Å². The van der Waals surface area contributed by atoms with Crippen LogP contribution in [0, 0.1) is 0 Å². The standard InChI is InChI=1S/C62H66O16/c1-37(2)58(67)75-33-46(63)29-71-50-21-23-52-43(27-50)17-25-54(73-31-48(65)35-77-60(69)39(5)6)56(52)62(9,45-19-15-42(16-20-45)41-13-11-10-12-14-41)57-53-24-22-51(72-30-47(64)34-76-59(68)38(3)4)28-44(53)18-26-55(57)74-32-49(66)36-78-61(70)40(7)8/h10-28,46-49,63-66H,1,3,5,7,29-36H2,2,4,6,8-9H3. The first-order chi connectivity index (χ1) is 37.2. The predicted molar refractivity (Wildman–Crippen MR) is 294 cm³/mol. The van der Waals surface area contributed by atoms with Crippen molar-refractivity contribution in [3.63, 3.8) is 0 Å². The Bertz CT molecular complexity index is 2990. The second kappa shape index (κ2) is 27.2. The van der Waals surface area contributed by atoms with E-state index < -0.39 is 66.9 Å². The summed E-state index contributed by atoms with van der Waals surface area (Å²) in [4.78, 5) is 48.7. The third-order valence-electron chi connectivity index (χ3n) is 12.2. The van der Waals surface area contributed by atoms with E-state index in [2.05, 4.69) is 26.3 Å². The van der Waals surface area contributed by atoms with Crippen molar-refractivity contribution in [1.82, 2.24) is 0 Å². The third-order valence-corrected chi connectivity index (χ3v) is 12.2. The Kier molecular flexibility index (Phi) is 20.5. The van der Waals surface area contributed by atoms with E-state index in [1.165, 1.54) is 27.7 Å². The van der Waals surface area contributed by atoms with E-state index in [-0.39, 0.29) is 61.9 Å². The maximum atomic E-state index is 12.3. The lowest BCUT2D eigenvalue weighted by molar-refractivity contribution is -0.143. The Labute approximate surface area is 453 Å². The molecule has 0 aromatic heterocycles. The first kappa shape index (κ1) is 59.0. The summed E-state index contributed by atoms with van der Waals surface area (Å²) in [6.45, 7) is 19.9. The van der Waals surface area contributed by atoms with Crippen LogP contribution in [-0.4, -0.2) is 122 Å². The molecule has 0 radical (unpaired) electrons. The normalized spacial score (nSPS) is 13.4. The number of aliphatic hydroxyl groups is 4. The van der Waals surface area contributed by atoms with Crippen LogP contribution in [0.1, 0.15) is 51.3 Å². The quantitative estimate of drug-likeness (QED) is 0.0157.